The van der Waals surface area contributed by atoms with Gasteiger partial charge >= 0.3 is 0 Å². The van der Waals surface area contributed by atoms with Gasteiger partial charge in [0.05, 0.1) is 31.0 Å². The summed E-state index contributed by atoms with van der Waals surface area (Å²) in [7, 11) is 0. The quantitative estimate of drug-likeness (QED) is 0.227. The SMILES string of the molecule is CCCOc1ccc(/C(O)=C2\C(=O)C(=O)N(Cc3ccco3)C2c2c[nH]c3ccccc23)cc1. The number of aliphatic hydroxyl groups is 1. The number of hydrogen-bond donors (Lipinski definition) is 2. The van der Waals surface area contributed by atoms with Crippen LogP contribution in [-0.4, -0.2) is 33.3 Å². The summed E-state index contributed by atoms with van der Waals surface area (Å²) < 4.78 is 11.1. The van der Waals surface area contributed by atoms with Crippen LogP contribution in [0.4, 0.5) is 0 Å². The van der Waals surface area contributed by atoms with Gasteiger partial charge in [0.1, 0.15) is 17.3 Å². The normalized spacial score (nSPS) is 17.6. The Kier molecular flexibility index (Phi) is 5.67. The predicted octanol–water partition coefficient (Wildman–Crippen LogP) is 5.17. The number of nitrogens with one attached hydrogen (secondary N) is 1. The van der Waals surface area contributed by atoms with E-state index in [1.54, 1.807) is 42.6 Å². The zero-order valence-electron chi connectivity index (χ0n) is 18.7. The van der Waals surface area contributed by atoms with E-state index in [2.05, 4.69) is 4.98 Å². The van der Waals surface area contributed by atoms with Gasteiger partial charge in [-0.15, -0.1) is 0 Å². The largest absolute Gasteiger partial charge is 0.507 e. The van der Waals surface area contributed by atoms with E-state index in [0.29, 0.717) is 23.7 Å². The number of ether oxygens (including phenoxy) is 1. The van der Waals surface area contributed by atoms with E-state index in [1.807, 2.05) is 31.2 Å². The summed E-state index contributed by atoms with van der Waals surface area (Å²) in [6.45, 7) is 2.71. The minimum Gasteiger partial charge on any atom is -0.507 e. The maximum atomic E-state index is 13.2. The molecule has 1 amide bonds. The van der Waals surface area contributed by atoms with Crippen molar-refractivity contribution in [3.63, 3.8) is 0 Å². The van der Waals surface area contributed by atoms with Crippen LogP contribution >= 0.6 is 0 Å². The number of Topliss-reactive ketones (excluding diaryl/α,β-unsaturated/α-hetero) is 1. The molecule has 2 aromatic carbocycles. The van der Waals surface area contributed by atoms with Gasteiger partial charge in [-0.2, -0.15) is 0 Å². The Bertz CT molecular complexity index is 1370. The van der Waals surface area contributed by atoms with Crippen molar-refractivity contribution in [2.24, 2.45) is 0 Å². The zero-order chi connectivity index (χ0) is 23.7. The molecule has 0 radical (unpaired) electrons. The second-order valence-electron chi connectivity index (χ2n) is 8.17. The number of amides is 1. The lowest BCUT2D eigenvalue weighted by molar-refractivity contribution is -0.140. The first-order valence-electron chi connectivity index (χ1n) is 11.2. The molecule has 2 N–H and O–H groups in total. The van der Waals surface area contributed by atoms with Gasteiger partial charge < -0.3 is 24.1 Å². The summed E-state index contributed by atoms with van der Waals surface area (Å²) in [6, 6.07) is 17.2. The lowest BCUT2D eigenvalue weighted by Gasteiger charge is -2.24. The topological polar surface area (TPSA) is 95.8 Å². The highest BCUT2D eigenvalue weighted by Crippen LogP contribution is 2.42. The van der Waals surface area contributed by atoms with Gasteiger partial charge in [-0.25, -0.2) is 0 Å². The first kappa shape index (κ1) is 21.6. The van der Waals surface area contributed by atoms with Crippen LogP contribution in [0, 0.1) is 0 Å². The van der Waals surface area contributed by atoms with Crippen molar-refractivity contribution in [3.8, 4) is 5.75 Å². The summed E-state index contributed by atoms with van der Waals surface area (Å²) in [5.74, 6) is -0.423. The van der Waals surface area contributed by atoms with Crippen LogP contribution in [-0.2, 0) is 16.1 Å². The van der Waals surface area contributed by atoms with Crippen LogP contribution in [0.25, 0.3) is 16.7 Å². The van der Waals surface area contributed by atoms with Crippen molar-refractivity contribution in [3.05, 3.63) is 95.6 Å². The van der Waals surface area contributed by atoms with Gasteiger partial charge in [0.2, 0.25) is 0 Å². The number of carbonyl (C=O) groups is 2. The minimum absolute atomic E-state index is 0.0449. The van der Waals surface area contributed by atoms with E-state index in [9.17, 15) is 14.7 Å². The number of hydrogen-bond acceptors (Lipinski definition) is 5. The molecule has 0 aliphatic carbocycles. The van der Waals surface area contributed by atoms with Crippen LogP contribution < -0.4 is 4.74 Å². The summed E-state index contributed by atoms with van der Waals surface area (Å²) in [5, 5.41) is 12.1. The van der Waals surface area contributed by atoms with Crippen LogP contribution in [0.1, 0.15) is 36.3 Å². The number of H-pyrrole nitrogens is 1. The second-order valence-corrected chi connectivity index (χ2v) is 8.17. The van der Waals surface area contributed by atoms with Crippen molar-refractivity contribution < 1.29 is 23.8 Å². The van der Waals surface area contributed by atoms with Gasteiger partial charge in [0, 0.05) is 28.2 Å². The van der Waals surface area contributed by atoms with Gasteiger partial charge in [-0.1, -0.05) is 25.1 Å². The smallest absolute Gasteiger partial charge is 0.296 e. The highest BCUT2D eigenvalue weighted by atomic mass is 16.5. The monoisotopic (exact) mass is 456 g/mol. The van der Waals surface area contributed by atoms with Crippen molar-refractivity contribution in [2.75, 3.05) is 6.61 Å². The number of furan rings is 1. The minimum atomic E-state index is -0.780. The molecule has 1 unspecified atom stereocenters. The average molecular weight is 456 g/mol. The molecule has 7 heteroatoms. The van der Waals surface area contributed by atoms with Crippen LogP contribution in [0.15, 0.2) is 83.1 Å². The number of rotatable bonds is 7. The first-order valence-corrected chi connectivity index (χ1v) is 11.2. The molecule has 5 rings (SSSR count). The van der Waals surface area contributed by atoms with Crippen molar-refractivity contribution in [2.45, 2.75) is 25.9 Å². The third kappa shape index (κ3) is 3.75. The Balaban J connectivity index is 1.63. The Hall–Kier alpha value is -4.26. The highest BCUT2D eigenvalue weighted by molar-refractivity contribution is 6.46. The van der Waals surface area contributed by atoms with Crippen molar-refractivity contribution >= 4 is 28.4 Å². The highest BCUT2D eigenvalue weighted by Gasteiger charge is 2.47. The number of aliphatic hydroxyl groups excluding tert-OH is 1. The molecule has 0 spiro atoms. The molecule has 3 heterocycles. The number of aromatic nitrogens is 1. The van der Waals surface area contributed by atoms with Crippen molar-refractivity contribution in [1.82, 2.24) is 9.88 Å². The van der Waals surface area contributed by atoms with Gasteiger partial charge in [0.15, 0.2) is 0 Å². The molecule has 1 saturated heterocycles. The average Bonchev–Trinajstić information content (AvgIpc) is 3.58. The van der Waals surface area contributed by atoms with E-state index < -0.39 is 17.7 Å². The van der Waals surface area contributed by atoms with Gasteiger partial charge in [0.25, 0.3) is 11.7 Å². The fraction of sp³-hybridized carbons (Fsp3) is 0.185. The maximum Gasteiger partial charge on any atom is 0.296 e. The molecular weight excluding hydrogens is 432 g/mol. The lowest BCUT2D eigenvalue weighted by atomic mass is 9.95. The molecule has 4 aromatic rings. The van der Waals surface area contributed by atoms with Crippen LogP contribution in [0.2, 0.25) is 0 Å². The number of aromatic amines is 1. The van der Waals surface area contributed by atoms with Crippen molar-refractivity contribution in [1.29, 1.82) is 0 Å². The summed E-state index contributed by atoms with van der Waals surface area (Å²) in [5.41, 5.74) is 2.08. The molecule has 0 saturated carbocycles. The molecule has 1 aliphatic rings. The Labute approximate surface area is 196 Å². The van der Waals surface area contributed by atoms with E-state index >= 15 is 0 Å². The summed E-state index contributed by atoms with van der Waals surface area (Å²) >= 11 is 0. The fourth-order valence-electron chi connectivity index (χ4n) is 4.34. The summed E-state index contributed by atoms with van der Waals surface area (Å²) in [6.07, 6.45) is 4.19. The molecular formula is C27H24N2O5. The number of likely N-dealkylation sites (tertiary alicyclic amines) is 1. The molecule has 1 aliphatic heterocycles. The van der Waals surface area contributed by atoms with E-state index in [1.165, 1.54) is 11.2 Å². The number of ketones is 1. The summed E-state index contributed by atoms with van der Waals surface area (Å²) in [4.78, 5) is 31.0. The standard InChI is InChI=1S/C27H24N2O5/c1-2-13-33-18-11-9-17(10-12-18)25(30)23-24(21-15-28-22-8-4-3-7-20(21)22)29(27(32)26(23)31)16-19-6-5-14-34-19/h3-12,14-15,24,28,30H,2,13,16H2,1H3/b25-23+. The Morgan fingerprint density at radius 1 is 1.09 bits per heavy atom. The number of para-hydroxylation sites is 1. The first-order chi connectivity index (χ1) is 16.6. The fourth-order valence-corrected chi connectivity index (χ4v) is 4.34. The Morgan fingerprint density at radius 2 is 1.88 bits per heavy atom. The molecule has 7 nitrogen and oxygen atoms in total. The van der Waals surface area contributed by atoms with Crippen LogP contribution in [0.5, 0.6) is 5.75 Å². The zero-order valence-corrected chi connectivity index (χ0v) is 18.7. The maximum absolute atomic E-state index is 13.2. The number of benzene rings is 2. The lowest BCUT2D eigenvalue weighted by Crippen LogP contribution is -2.29. The number of nitrogens with zero attached hydrogens (tertiary/aromatic N) is 1. The molecule has 172 valence electrons. The number of fused-ring (bicyclic) bond motifs is 1. The third-order valence-electron chi connectivity index (χ3n) is 5.96. The predicted molar refractivity (Wildman–Crippen MR) is 127 cm³/mol. The number of carbonyl (C=O) groups excluding carboxylic acids is 2. The van der Waals surface area contributed by atoms with E-state index in [4.69, 9.17) is 9.15 Å². The van der Waals surface area contributed by atoms with E-state index in [-0.39, 0.29) is 17.9 Å². The third-order valence-corrected chi connectivity index (χ3v) is 5.96. The molecule has 2 aromatic heterocycles. The van der Waals surface area contributed by atoms with E-state index in [0.717, 1.165) is 22.9 Å². The molecule has 1 atom stereocenters. The molecule has 0 bridgehead atoms. The van der Waals surface area contributed by atoms with Crippen LogP contribution in [0.3, 0.4) is 0 Å². The molecule has 34 heavy (non-hydrogen) atoms. The Morgan fingerprint density at radius 3 is 2.62 bits per heavy atom. The second kappa shape index (κ2) is 8.94. The van der Waals surface area contributed by atoms with Gasteiger partial charge in [-0.3, -0.25) is 9.59 Å². The van der Waals surface area contributed by atoms with Gasteiger partial charge in [-0.05, 0) is 48.9 Å². The molecule has 1 fully saturated rings.